The first-order valence-electron chi connectivity index (χ1n) is 8.57. The number of rotatable bonds is 5. The van der Waals surface area contributed by atoms with Crippen molar-refractivity contribution in [1.29, 1.82) is 0 Å². The van der Waals surface area contributed by atoms with Crippen molar-refractivity contribution < 1.29 is 8.63 Å². The van der Waals surface area contributed by atoms with Crippen molar-refractivity contribution in [1.82, 2.24) is 0 Å². The van der Waals surface area contributed by atoms with Gasteiger partial charge >= 0.3 is 0 Å². The first-order valence-corrected chi connectivity index (χ1v) is 11.9. The molecule has 0 aromatic heterocycles. The molecule has 0 saturated carbocycles. The molecule has 1 heterocycles. The van der Waals surface area contributed by atoms with Crippen LogP contribution in [0.1, 0.15) is 27.2 Å². The fourth-order valence-electron chi connectivity index (χ4n) is 3.52. The van der Waals surface area contributed by atoms with E-state index in [1.54, 1.807) is 0 Å². The molecular weight excluding hydrogens is 332 g/mol. The SMILES string of the molecule is CC(C)(C)[Si](OC[C@@H]1CCS1=O)(c1ccccc1)c1ccccc1. The largest absolute Gasteiger partial charge is 0.406 e. The molecule has 1 fully saturated rings. The van der Waals surface area contributed by atoms with Gasteiger partial charge in [-0.1, -0.05) is 81.4 Å². The Morgan fingerprint density at radius 3 is 1.83 bits per heavy atom. The van der Waals surface area contributed by atoms with Crippen molar-refractivity contribution in [2.75, 3.05) is 12.4 Å². The van der Waals surface area contributed by atoms with Crippen LogP contribution < -0.4 is 10.4 Å². The average Bonchev–Trinajstić information content (AvgIpc) is 2.58. The third kappa shape index (κ3) is 3.15. The Kier molecular flexibility index (Phi) is 5.09. The van der Waals surface area contributed by atoms with Gasteiger partial charge in [-0.3, -0.25) is 4.21 Å². The van der Waals surface area contributed by atoms with Crippen molar-refractivity contribution in [2.45, 2.75) is 37.5 Å². The minimum absolute atomic E-state index is 0.0130. The molecule has 0 aliphatic carbocycles. The molecule has 0 spiro atoms. The van der Waals surface area contributed by atoms with Crippen molar-refractivity contribution >= 4 is 29.5 Å². The van der Waals surface area contributed by atoms with Crippen LogP contribution in [0.5, 0.6) is 0 Å². The predicted octanol–water partition coefficient (Wildman–Crippen LogP) is 3.08. The third-order valence-corrected chi connectivity index (χ3v) is 11.7. The van der Waals surface area contributed by atoms with Gasteiger partial charge in [-0.2, -0.15) is 0 Å². The quantitative estimate of drug-likeness (QED) is 0.768. The lowest BCUT2D eigenvalue weighted by Crippen LogP contribution is -2.67. The zero-order chi connectivity index (χ0) is 17.2. The van der Waals surface area contributed by atoms with E-state index in [1.165, 1.54) is 10.4 Å². The lowest BCUT2D eigenvalue weighted by Gasteiger charge is -2.44. The summed E-state index contributed by atoms with van der Waals surface area (Å²) in [6.45, 7) is 7.42. The average molecular weight is 359 g/mol. The van der Waals surface area contributed by atoms with Crippen LogP contribution in [-0.2, 0) is 15.2 Å². The van der Waals surface area contributed by atoms with Crippen LogP contribution in [0, 0.1) is 0 Å². The normalized spacial score (nSPS) is 21.3. The maximum Gasteiger partial charge on any atom is 0.261 e. The van der Waals surface area contributed by atoms with Gasteiger partial charge in [0.2, 0.25) is 0 Å². The molecule has 2 atom stereocenters. The molecule has 2 aromatic carbocycles. The standard InChI is InChI=1S/C20H26O2SSi/c1-20(2,3)24(18-10-6-4-7-11-18,19-12-8-5-9-13-19)22-16-17-14-15-23(17)21/h4-13,17H,14-16H2,1-3H3/t17-,23?/m0/s1. The van der Waals surface area contributed by atoms with Crippen molar-refractivity contribution in [2.24, 2.45) is 0 Å². The predicted molar refractivity (Wildman–Crippen MR) is 105 cm³/mol. The first-order chi connectivity index (χ1) is 11.4. The summed E-state index contributed by atoms with van der Waals surface area (Å²) in [7, 11) is -3.17. The van der Waals surface area contributed by atoms with E-state index in [0.29, 0.717) is 6.61 Å². The topological polar surface area (TPSA) is 26.3 Å². The van der Waals surface area contributed by atoms with E-state index < -0.39 is 19.1 Å². The maximum atomic E-state index is 11.9. The van der Waals surface area contributed by atoms with E-state index in [9.17, 15) is 4.21 Å². The summed E-state index contributed by atoms with van der Waals surface area (Å²) >= 11 is 0. The number of benzene rings is 2. The Morgan fingerprint density at radius 2 is 1.50 bits per heavy atom. The van der Waals surface area contributed by atoms with Crippen molar-refractivity contribution in [3.63, 3.8) is 0 Å². The smallest absolute Gasteiger partial charge is 0.261 e. The van der Waals surface area contributed by atoms with Gasteiger partial charge in [0, 0.05) is 23.2 Å². The Hall–Kier alpha value is -1.23. The van der Waals surface area contributed by atoms with Crippen LogP contribution in [0.25, 0.3) is 0 Å². The van der Waals surface area contributed by atoms with Gasteiger partial charge in [0.25, 0.3) is 8.32 Å². The van der Waals surface area contributed by atoms with E-state index in [4.69, 9.17) is 4.43 Å². The zero-order valence-electron chi connectivity index (χ0n) is 14.7. The fraction of sp³-hybridized carbons (Fsp3) is 0.400. The molecule has 4 heteroatoms. The Labute approximate surface area is 148 Å². The van der Waals surface area contributed by atoms with Gasteiger partial charge < -0.3 is 4.43 Å². The van der Waals surface area contributed by atoms with Crippen molar-refractivity contribution in [3.05, 3.63) is 60.7 Å². The van der Waals surface area contributed by atoms with Crippen LogP contribution in [0.2, 0.25) is 5.04 Å². The van der Waals surface area contributed by atoms with E-state index >= 15 is 0 Å². The number of hydrogen-bond acceptors (Lipinski definition) is 2. The molecule has 0 N–H and O–H groups in total. The van der Waals surface area contributed by atoms with Crippen LogP contribution in [0.4, 0.5) is 0 Å². The monoisotopic (exact) mass is 358 g/mol. The van der Waals surface area contributed by atoms with Gasteiger partial charge in [0.1, 0.15) is 0 Å². The van der Waals surface area contributed by atoms with E-state index in [2.05, 4.69) is 81.4 Å². The summed E-state index contributed by atoms with van der Waals surface area (Å²) in [5.74, 6) is 0.828. The molecule has 128 valence electrons. The highest BCUT2D eigenvalue weighted by Crippen LogP contribution is 2.37. The first kappa shape index (κ1) is 17.6. The highest BCUT2D eigenvalue weighted by molar-refractivity contribution is 7.87. The zero-order valence-corrected chi connectivity index (χ0v) is 16.5. The van der Waals surface area contributed by atoms with E-state index in [-0.39, 0.29) is 10.3 Å². The third-order valence-electron chi connectivity index (χ3n) is 4.92. The van der Waals surface area contributed by atoms with Crippen LogP contribution >= 0.6 is 0 Å². The van der Waals surface area contributed by atoms with Crippen LogP contribution in [0.15, 0.2) is 60.7 Å². The summed E-state index contributed by atoms with van der Waals surface area (Å²) < 4.78 is 18.7. The summed E-state index contributed by atoms with van der Waals surface area (Å²) in [6.07, 6.45) is 1.02. The fourth-order valence-corrected chi connectivity index (χ4v) is 9.23. The Morgan fingerprint density at radius 1 is 1.00 bits per heavy atom. The highest BCUT2D eigenvalue weighted by Gasteiger charge is 2.50. The summed E-state index contributed by atoms with van der Waals surface area (Å²) in [4.78, 5) is 0. The van der Waals surface area contributed by atoms with Crippen molar-refractivity contribution in [3.8, 4) is 0 Å². The van der Waals surface area contributed by atoms with Gasteiger partial charge in [0.15, 0.2) is 0 Å². The Bertz CT molecular complexity index is 655. The molecule has 1 aliphatic heterocycles. The van der Waals surface area contributed by atoms with E-state index in [1.807, 2.05) is 0 Å². The van der Waals surface area contributed by atoms with Gasteiger partial charge in [0.05, 0.1) is 5.25 Å². The number of hydrogen-bond donors (Lipinski definition) is 0. The molecule has 2 aromatic rings. The van der Waals surface area contributed by atoms with Crippen LogP contribution in [-0.4, -0.2) is 30.1 Å². The van der Waals surface area contributed by atoms with Gasteiger partial charge in [-0.05, 0) is 21.8 Å². The van der Waals surface area contributed by atoms with Crippen LogP contribution in [0.3, 0.4) is 0 Å². The molecule has 24 heavy (non-hydrogen) atoms. The molecule has 0 amide bonds. The molecule has 2 nitrogen and oxygen atoms in total. The molecule has 0 bridgehead atoms. The van der Waals surface area contributed by atoms with Gasteiger partial charge in [-0.25, -0.2) is 0 Å². The molecule has 0 radical (unpaired) electrons. The lowest BCUT2D eigenvalue weighted by atomic mass is 10.2. The lowest BCUT2D eigenvalue weighted by molar-refractivity contribution is 0.289. The molecular formula is C20H26O2SSi. The second-order valence-electron chi connectivity index (χ2n) is 7.47. The summed E-state index contributed by atoms with van der Waals surface area (Å²) in [6, 6.07) is 21.3. The minimum atomic E-state index is -2.46. The summed E-state index contributed by atoms with van der Waals surface area (Å²) in [5.41, 5.74) is 0. The summed E-state index contributed by atoms with van der Waals surface area (Å²) in [5, 5.41) is 2.76. The molecule has 3 rings (SSSR count). The highest BCUT2D eigenvalue weighted by atomic mass is 32.2. The minimum Gasteiger partial charge on any atom is -0.406 e. The molecule has 1 saturated heterocycles. The Balaban J connectivity index is 2.08. The molecule has 1 aliphatic rings. The van der Waals surface area contributed by atoms with E-state index in [0.717, 1.165) is 12.2 Å². The second kappa shape index (κ2) is 6.94. The maximum absolute atomic E-state index is 11.9. The second-order valence-corrected chi connectivity index (χ2v) is 13.6. The molecule has 1 unspecified atom stereocenters. The van der Waals surface area contributed by atoms with Gasteiger partial charge in [-0.15, -0.1) is 0 Å².